The maximum atomic E-state index is 9.64. The Morgan fingerprint density at radius 2 is 1.14 bits per heavy atom. The lowest BCUT2D eigenvalue weighted by molar-refractivity contribution is 0.260. The molecule has 0 aliphatic carbocycles. The zero-order valence-electron chi connectivity index (χ0n) is 8.20. The van der Waals surface area contributed by atoms with E-state index >= 15 is 0 Å². The molecular weight excluding hydrogens is 184 g/mol. The van der Waals surface area contributed by atoms with Gasteiger partial charge in [-0.05, 0) is 13.8 Å². The minimum atomic E-state index is -0.363. The van der Waals surface area contributed by atoms with Crippen molar-refractivity contribution < 1.29 is 20.4 Å². The van der Waals surface area contributed by atoms with Gasteiger partial charge in [-0.25, -0.2) is 0 Å². The van der Waals surface area contributed by atoms with Gasteiger partial charge in [-0.1, -0.05) is 0 Å². The molecule has 0 fully saturated rings. The van der Waals surface area contributed by atoms with Gasteiger partial charge in [0.1, 0.15) is 11.5 Å². The van der Waals surface area contributed by atoms with E-state index in [4.69, 9.17) is 10.2 Å². The summed E-state index contributed by atoms with van der Waals surface area (Å²) in [6.07, 6.45) is 0. The second-order valence-electron chi connectivity index (χ2n) is 3.22. The van der Waals surface area contributed by atoms with Crippen molar-refractivity contribution in [2.75, 3.05) is 0 Å². The minimum Gasteiger partial charge on any atom is -0.507 e. The molecule has 0 aliphatic rings. The smallest absolute Gasteiger partial charge is 0.127 e. The Morgan fingerprint density at radius 3 is 1.43 bits per heavy atom. The maximum Gasteiger partial charge on any atom is 0.127 e. The molecule has 0 radical (unpaired) electrons. The summed E-state index contributed by atoms with van der Waals surface area (Å²) >= 11 is 0. The molecule has 0 saturated carbocycles. The number of rotatable bonds is 2. The first-order chi connectivity index (χ1) is 6.54. The highest BCUT2D eigenvalue weighted by Gasteiger charge is 2.17. The summed E-state index contributed by atoms with van der Waals surface area (Å²) in [5.41, 5.74) is 1.41. The Hall–Kier alpha value is -1.26. The van der Waals surface area contributed by atoms with Crippen molar-refractivity contribution in [1.29, 1.82) is 0 Å². The molecule has 1 rings (SSSR count). The Balaban J connectivity index is 3.56. The van der Waals surface area contributed by atoms with Crippen LogP contribution in [0.1, 0.15) is 22.3 Å². The summed E-state index contributed by atoms with van der Waals surface area (Å²) in [6, 6.07) is 0. The number of aliphatic hydroxyl groups is 2. The molecule has 0 bridgehead atoms. The van der Waals surface area contributed by atoms with Gasteiger partial charge in [0, 0.05) is 22.3 Å². The summed E-state index contributed by atoms with van der Waals surface area (Å²) in [5, 5.41) is 37.2. The van der Waals surface area contributed by atoms with Gasteiger partial charge in [0.25, 0.3) is 0 Å². The van der Waals surface area contributed by atoms with Crippen LogP contribution in [0.2, 0.25) is 0 Å². The summed E-state index contributed by atoms with van der Waals surface area (Å²) in [4.78, 5) is 0. The van der Waals surface area contributed by atoms with Gasteiger partial charge < -0.3 is 20.4 Å². The van der Waals surface area contributed by atoms with E-state index < -0.39 is 0 Å². The van der Waals surface area contributed by atoms with Crippen LogP contribution in [0, 0.1) is 13.8 Å². The molecule has 4 N–H and O–H groups in total. The Morgan fingerprint density at radius 1 is 0.786 bits per heavy atom. The number of phenols is 2. The van der Waals surface area contributed by atoms with E-state index in [-0.39, 0.29) is 35.8 Å². The van der Waals surface area contributed by atoms with E-state index in [1.54, 1.807) is 13.8 Å². The Bertz CT molecular complexity index is 327. The van der Waals surface area contributed by atoms with Crippen molar-refractivity contribution in [2.45, 2.75) is 27.1 Å². The Labute approximate surface area is 82.1 Å². The fraction of sp³-hybridized carbons (Fsp3) is 0.400. The van der Waals surface area contributed by atoms with Crippen LogP contribution in [0.15, 0.2) is 0 Å². The Kier molecular flexibility index (Phi) is 2.98. The molecule has 0 saturated heterocycles. The average molecular weight is 198 g/mol. The van der Waals surface area contributed by atoms with E-state index in [1.807, 2.05) is 0 Å². The maximum absolute atomic E-state index is 9.64. The molecule has 0 aliphatic heterocycles. The molecule has 1 aromatic rings. The van der Waals surface area contributed by atoms with Crippen molar-refractivity contribution >= 4 is 0 Å². The standard InChI is InChI=1S/C10H14O4/c1-5-7(3-11)10(14)8(4-12)6(2)9(5)13/h11-14H,3-4H2,1-2H3. The summed E-state index contributed by atoms with van der Waals surface area (Å²) in [6.45, 7) is 2.49. The normalized spacial score (nSPS) is 10.6. The third kappa shape index (κ3) is 1.42. The number of benzene rings is 1. The van der Waals surface area contributed by atoms with E-state index in [0.29, 0.717) is 11.1 Å². The highest BCUT2D eigenvalue weighted by Crippen LogP contribution is 2.36. The number of aliphatic hydroxyl groups excluding tert-OH is 2. The van der Waals surface area contributed by atoms with Crippen molar-refractivity contribution in [1.82, 2.24) is 0 Å². The van der Waals surface area contributed by atoms with Crippen LogP contribution in [-0.2, 0) is 13.2 Å². The van der Waals surface area contributed by atoms with E-state index in [2.05, 4.69) is 0 Å². The molecule has 1 aromatic carbocycles. The van der Waals surface area contributed by atoms with Crippen molar-refractivity contribution in [3.8, 4) is 11.5 Å². The number of aromatic hydroxyl groups is 2. The highest BCUT2D eigenvalue weighted by molar-refractivity contribution is 5.56. The van der Waals surface area contributed by atoms with E-state index in [1.165, 1.54) is 0 Å². The van der Waals surface area contributed by atoms with E-state index in [0.717, 1.165) is 0 Å². The van der Waals surface area contributed by atoms with Crippen LogP contribution in [0.5, 0.6) is 11.5 Å². The zero-order chi connectivity index (χ0) is 10.9. The van der Waals surface area contributed by atoms with Crippen LogP contribution >= 0.6 is 0 Å². The molecule has 0 unspecified atom stereocenters. The summed E-state index contributed by atoms with van der Waals surface area (Å²) < 4.78 is 0. The molecule has 0 atom stereocenters. The molecule has 78 valence electrons. The fourth-order valence-electron chi connectivity index (χ4n) is 1.49. The van der Waals surface area contributed by atoms with Crippen LogP contribution < -0.4 is 0 Å². The van der Waals surface area contributed by atoms with Crippen LogP contribution in [-0.4, -0.2) is 20.4 Å². The quantitative estimate of drug-likeness (QED) is 0.527. The van der Waals surface area contributed by atoms with Crippen molar-refractivity contribution in [2.24, 2.45) is 0 Å². The minimum absolute atomic E-state index is 0.0101. The van der Waals surface area contributed by atoms with Gasteiger partial charge in [0.05, 0.1) is 13.2 Å². The number of hydrogen-bond donors (Lipinski definition) is 4. The SMILES string of the molecule is Cc1c(O)c(C)c(CO)c(O)c1CO. The predicted octanol–water partition coefficient (Wildman–Crippen LogP) is 0.699. The third-order valence-electron chi connectivity index (χ3n) is 2.50. The lowest BCUT2D eigenvalue weighted by atomic mass is 9.97. The molecule has 0 spiro atoms. The largest absolute Gasteiger partial charge is 0.507 e. The summed E-state index contributed by atoms with van der Waals surface area (Å²) in [7, 11) is 0. The van der Waals surface area contributed by atoms with Gasteiger partial charge >= 0.3 is 0 Å². The van der Waals surface area contributed by atoms with E-state index in [9.17, 15) is 10.2 Å². The van der Waals surface area contributed by atoms with Gasteiger partial charge in [0.2, 0.25) is 0 Å². The number of hydrogen-bond acceptors (Lipinski definition) is 4. The molecular formula is C10H14O4. The van der Waals surface area contributed by atoms with Crippen LogP contribution in [0.25, 0.3) is 0 Å². The molecule has 0 aromatic heterocycles. The zero-order valence-corrected chi connectivity index (χ0v) is 8.20. The van der Waals surface area contributed by atoms with Crippen LogP contribution in [0.4, 0.5) is 0 Å². The molecule has 4 heteroatoms. The second kappa shape index (κ2) is 3.86. The molecule has 14 heavy (non-hydrogen) atoms. The highest BCUT2D eigenvalue weighted by atomic mass is 16.3. The topological polar surface area (TPSA) is 80.9 Å². The fourth-order valence-corrected chi connectivity index (χ4v) is 1.49. The van der Waals surface area contributed by atoms with Gasteiger partial charge in [-0.3, -0.25) is 0 Å². The first-order valence-corrected chi connectivity index (χ1v) is 4.29. The summed E-state index contributed by atoms with van der Waals surface area (Å²) in [5.74, 6) is -0.126. The van der Waals surface area contributed by atoms with Gasteiger partial charge in [-0.15, -0.1) is 0 Å². The van der Waals surface area contributed by atoms with Gasteiger partial charge in [-0.2, -0.15) is 0 Å². The molecule has 0 amide bonds. The first kappa shape index (κ1) is 10.8. The third-order valence-corrected chi connectivity index (χ3v) is 2.50. The van der Waals surface area contributed by atoms with Crippen LogP contribution in [0.3, 0.4) is 0 Å². The monoisotopic (exact) mass is 198 g/mol. The lowest BCUT2D eigenvalue weighted by Gasteiger charge is -2.15. The van der Waals surface area contributed by atoms with Crippen molar-refractivity contribution in [3.63, 3.8) is 0 Å². The predicted molar refractivity (Wildman–Crippen MR) is 51.1 cm³/mol. The van der Waals surface area contributed by atoms with Crippen molar-refractivity contribution in [3.05, 3.63) is 22.3 Å². The molecule has 4 nitrogen and oxygen atoms in total. The second-order valence-corrected chi connectivity index (χ2v) is 3.22. The molecule has 0 heterocycles. The number of phenolic OH excluding ortho intramolecular Hbond substituents is 1. The first-order valence-electron chi connectivity index (χ1n) is 4.29. The van der Waals surface area contributed by atoms with Gasteiger partial charge in [0.15, 0.2) is 0 Å². The lowest BCUT2D eigenvalue weighted by Crippen LogP contribution is -1.99. The average Bonchev–Trinajstić information content (AvgIpc) is 2.16.